The second-order valence-electron chi connectivity index (χ2n) is 18.2. The molecule has 0 aliphatic rings. The van der Waals surface area contributed by atoms with E-state index in [1.807, 2.05) is 21.1 Å². The van der Waals surface area contributed by atoms with Gasteiger partial charge in [0.15, 0.2) is 6.10 Å². The average molecular weight is 871 g/mol. The number of phosphoric ester groups is 1. The Morgan fingerprint density at radius 2 is 0.850 bits per heavy atom. The predicted molar refractivity (Wildman–Crippen MR) is 252 cm³/mol. The fourth-order valence-electron chi connectivity index (χ4n) is 7.00. The van der Waals surface area contributed by atoms with Crippen molar-refractivity contribution in [2.24, 2.45) is 0 Å². The van der Waals surface area contributed by atoms with Gasteiger partial charge in [0.1, 0.15) is 19.8 Å². The zero-order valence-electron chi connectivity index (χ0n) is 40.0. The average Bonchev–Trinajstić information content (AvgIpc) is 3.20. The van der Waals surface area contributed by atoms with Crippen LogP contribution in [0.4, 0.5) is 0 Å². The van der Waals surface area contributed by atoms with Crippen molar-refractivity contribution in [1.29, 1.82) is 0 Å². The van der Waals surface area contributed by atoms with Crippen LogP contribution in [0.15, 0.2) is 24.3 Å². The van der Waals surface area contributed by atoms with Crippen LogP contribution in [0.5, 0.6) is 0 Å². The van der Waals surface area contributed by atoms with Gasteiger partial charge in [0, 0.05) is 12.8 Å². The van der Waals surface area contributed by atoms with Crippen LogP contribution >= 0.6 is 7.82 Å². The second kappa shape index (κ2) is 42.8. The number of carbonyl (C=O) groups excluding carboxylic acids is 2. The van der Waals surface area contributed by atoms with Gasteiger partial charge in [-0.3, -0.25) is 18.6 Å². The smallest absolute Gasteiger partial charge is 0.462 e. The summed E-state index contributed by atoms with van der Waals surface area (Å²) in [4.78, 5) is 35.5. The standard InChI is InChI=1S/C50H96NO8P/c1-6-8-10-12-14-16-18-20-22-24-25-27-28-30-32-34-36-38-40-42-49(52)56-46-48(47-58-60(54,55)57-45-44-51(3,4)5)59-50(53)43-41-39-37-35-33-31-29-26-23-21-19-17-15-13-11-9-7-2/h21,23-25,48H,6-20,22,26-47H2,1-5H3/p+1/b23-21-,25-24-/t48-/m1/s1. The number of carbonyl (C=O) groups is 2. The van der Waals surface area contributed by atoms with E-state index >= 15 is 0 Å². The van der Waals surface area contributed by atoms with E-state index < -0.39 is 26.5 Å². The fourth-order valence-corrected chi connectivity index (χ4v) is 7.75. The van der Waals surface area contributed by atoms with E-state index in [0.717, 1.165) is 44.9 Å². The molecule has 9 nitrogen and oxygen atoms in total. The van der Waals surface area contributed by atoms with Crippen molar-refractivity contribution in [3.8, 4) is 0 Å². The molecule has 0 aromatic carbocycles. The first-order valence-electron chi connectivity index (χ1n) is 25.1. The molecule has 0 aliphatic heterocycles. The fraction of sp³-hybridized carbons (Fsp3) is 0.880. The van der Waals surface area contributed by atoms with Gasteiger partial charge in [0.05, 0.1) is 27.7 Å². The van der Waals surface area contributed by atoms with E-state index in [4.69, 9.17) is 18.5 Å². The molecule has 0 aromatic rings. The highest BCUT2D eigenvalue weighted by Crippen LogP contribution is 2.43. The number of esters is 2. The number of unbranched alkanes of at least 4 members (excludes halogenated alkanes) is 28. The summed E-state index contributed by atoms with van der Waals surface area (Å²) in [7, 11) is 1.48. The van der Waals surface area contributed by atoms with Crippen molar-refractivity contribution < 1.29 is 42.1 Å². The van der Waals surface area contributed by atoms with Gasteiger partial charge < -0.3 is 18.9 Å². The number of likely N-dealkylation sites (N-methyl/N-ethyl adjacent to an activating group) is 1. The molecule has 1 N–H and O–H groups in total. The van der Waals surface area contributed by atoms with Gasteiger partial charge in [-0.2, -0.15) is 0 Å². The highest BCUT2D eigenvalue weighted by Gasteiger charge is 2.27. The molecule has 354 valence electrons. The molecule has 0 saturated carbocycles. The summed E-state index contributed by atoms with van der Waals surface area (Å²) in [5.74, 6) is -0.800. The molecule has 0 heterocycles. The Balaban J connectivity index is 4.27. The van der Waals surface area contributed by atoms with E-state index in [1.165, 1.54) is 154 Å². The van der Waals surface area contributed by atoms with Crippen molar-refractivity contribution in [2.45, 2.75) is 238 Å². The lowest BCUT2D eigenvalue weighted by molar-refractivity contribution is -0.870. The van der Waals surface area contributed by atoms with Crippen LogP contribution in [0.2, 0.25) is 0 Å². The van der Waals surface area contributed by atoms with Crippen LogP contribution in [-0.4, -0.2) is 74.9 Å². The minimum atomic E-state index is -4.38. The quantitative estimate of drug-likeness (QED) is 0.0212. The number of hydrogen-bond donors (Lipinski definition) is 1. The zero-order chi connectivity index (χ0) is 44.3. The minimum absolute atomic E-state index is 0.0316. The maximum atomic E-state index is 12.7. The van der Waals surface area contributed by atoms with Crippen LogP contribution in [-0.2, 0) is 32.7 Å². The van der Waals surface area contributed by atoms with Gasteiger partial charge in [-0.05, 0) is 64.2 Å². The van der Waals surface area contributed by atoms with Crippen LogP contribution in [0.25, 0.3) is 0 Å². The number of hydrogen-bond acceptors (Lipinski definition) is 7. The van der Waals surface area contributed by atoms with Gasteiger partial charge >= 0.3 is 19.8 Å². The van der Waals surface area contributed by atoms with Gasteiger partial charge in [-0.15, -0.1) is 0 Å². The largest absolute Gasteiger partial charge is 0.472 e. The summed E-state index contributed by atoms with van der Waals surface area (Å²) in [5, 5.41) is 0. The molecule has 0 aliphatic carbocycles. The summed E-state index contributed by atoms with van der Waals surface area (Å²) in [5.41, 5.74) is 0. The van der Waals surface area contributed by atoms with E-state index in [1.54, 1.807) is 0 Å². The molecule has 2 atom stereocenters. The van der Waals surface area contributed by atoms with Gasteiger partial charge in [0.25, 0.3) is 0 Å². The lowest BCUT2D eigenvalue weighted by Gasteiger charge is -2.24. The monoisotopic (exact) mass is 871 g/mol. The molecule has 0 rings (SSSR count). The van der Waals surface area contributed by atoms with Crippen LogP contribution in [0.3, 0.4) is 0 Å². The third kappa shape index (κ3) is 46.0. The molecule has 0 saturated heterocycles. The van der Waals surface area contributed by atoms with Crippen LogP contribution in [0.1, 0.15) is 232 Å². The molecular weight excluding hydrogens is 774 g/mol. The van der Waals surface area contributed by atoms with E-state index in [9.17, 15) is 19.0 Å². The molecule has 0 spiro atoms. The van der Waals surface area contributed by atoms with Crippen LogP contribution in [0, 0.1) is 0 Å². The maximum Gasteiger partial charge on any atom is 0.472 e. The number of ether oxygens (including phenoxy) is 2. The highest BCUT2D eigenvalue weighted by atomic mass is 31.2. The highest BCUT2D eigenvalue weighted by molar-refractivity contribution is 7.47. The van der Waals surface area contributed by atoms with E-state index in [2.05, 4.69) is 38.2 Å². The third-order valence-corrected chi connectivity index (χ3v) is 11.9. The minimum Gasteiger partial charge on any atom is -0.462 e. The molecule has 0 radical (unpaired) electrons. The number of quaternary nitrogens is 1. The summed E-state index contributed by atoms with van der Waals surface area (Å²) >= 11 is 0. The predicted octanol–water partition coefficient (Wildman–Crippen LogP) is 14.7. The molecule has 0 fully saturated rings. The molecular formula is C50H97NO8P+. The maximum absolute atomic E-state index is 12.7. The molecule has 0 aromatic heterocycles. The topological polar surface area (TPSA) is 108 Å². The molecule has 0 amide bonds. The first kappa shape index (κ1) is 58.5. The van der Waals surface area contributed by atoms with Crippen molar-refractivity contribution in [2.75, 3.05) is 47.5 Å². The molecule has 10 heteroatoms. The van der Waals surface area contributed by atoms with Crippen LogP contribution < -0.4 is 0 Å². The van der Waals surface area contributed by atoms with Gasteiger partial charge in [-0.1, -0.05) is 179 Å². The number of allylic oxidation sites excluding steroid dienone is 4. The number of phosphoric acid groups is 1. The normalized spacial score (nSPS) is 13.6. The number of rotatable bonds is 46. The molecule has 0 bridgehead atoms. The third-order valence-electron chi connectivity index (χ3n) is 11.0. The lowest BCUT2D eigenvalue weighted by atomic mass is 10.1. The summed E-state index contributed by atoms with van der Waals surface area (Å²) in [6.07, 6.45) is 47.9. The Morgan fingerprint density at radius 1 is 0.500 bits per heavy atom. The summed E-state index contributed by atoms with van der Waals surface area (Å²) in [6, 6.07) is 0. The Hall–Kier alpha value is -1.51. The van der Waals surface area contributed by atoms with Crippen molar-refractivity contribution in [3.05, 3.63) is 24.3 Å². The first-order valence-corrected chi connectivity index (χ1v) is 26.6. The Morgan fingerprint density at radius 3 is 1.23 bits per heavy atom. The Kier molecular flexibility index (Phi) is 41.7. The van der Waals surface area contributed by atoms with E-state index in [-0.39, 0.29) is 32.0 Å². The summed E-state index contributed by atoms with van der Waals surface area (Å²) in [6.45, 7) is 4.44. The molecule has 60 heavy (non-hydrogen) atoms. The lowest BCUT2D eigenvalue weighted by Crippen LogP contribution is -2.37. The Labute approximate surface area is 370 Å². The van der Waals surface area contributed by atoms with Gasteiger partial charge in [-0.25, -0.2) is 4.57 Å². The van der Waals surface area contributed by atoms with Crippen molar-refractivity contribution >= 4 is 19.8 Å². The summed E-state index contributed by atoms with van der Waals surface area (Å²) < 4.78 is 34.4. The SMILES string of the molecule is CCCCCCCC/C=C\CCCCCCCCCC(=O)O[C@H](COC(=O)CCCCCCCCC/C=C\CCCCCCCCCC)COP(=O)(O)OCC[N+](C)(C)C. The zero-order valence-corrected chi connectivity index (χ0v) is 40.9. The second-order valence-corrected chi connectivity index (χ2v) is 19.6. The molecule has 1 unspecified atom stereocenters. The van der Waals surface area contributed by atoms with Crippen molar-refractivity contribution in [3.63, 3.8) is 0 Å². The van der Waals surface area contributed by atoms with E-state index in [0.29, 0.717) is 17.4 Å². The number of nitrogens with zero attached hydrogens (tertiary/aromatic N) is 1. The first-order chi connectivity index (χ1) is 29.0. The van der Waals surface area contributed by atoms with Gasteiger partial charge in [0.2, 0.25) is 0 Å². The van der Waals surface area contributed by atoms with Crippen molar-refractivity contribution in [1.82, 2.24) is 0 Å². The Bertz CT molecular complexity index is 1070.